The molecule has 0 unspecified atom stereocenters. The van der Waals surface area contributed by atoms with E-state index in [0.29, 0.717) is 23.3 Å². The molecule has 0 atom stereocenters. The van der Waals surface area contributed by atoms with E-state index in [4.69, 9.17) is 29.3 Å². The number of fused-ring (bicyclic) bond motifs is 7. The monoisotopic (exact) mass is 1230 g/mol. The fourth-order valence-electron chi connectivity index (χ4n) is 9.37. The first-order valence-electron chi connectivity index (χ1n) is 22.9. The summed E-state index contributed by atoms with van der Waals surface area (Å²) in [5, 5.41) is 4.31. The molecular formula is C59H39I3N6O. The summed E-state index contributed by atoms with van der Waals surface area (Å²) < 4.78 is 12.4. The fourth-order valence-corrected chi connectivity index (χ4v) is 12.0. The second kappa shape index (κ2) is 18.5. The van der Waals surface area contributed by atoms with Gasteiger partial charge in [0.1, 0.15) is 11.2 Å². The van der Waals surface area contributed by atoms with E-state index in [1.54, 1.807) is 0 Å². The number of para-hydroxylation sites is 2. The lowest BCUT2D eigenvalue weighted by molar-refractivity contribution is 0.673. The number of hydrogen-bond acceptors (Lipinski definition) is 6. The van der Waals surface area contributed by atoms with E-state index < -0.39 is 0 Å². The van der Waals surface area contributed by atoms with E-state index in [1.807, 2.05) is 48.5 Å². The van der Waals surface area contributed by atoms with Crippen molar-refractivity contribution in [3.8, 4) is 73.8 Å². The normalized spacial score (nSPS) is 11.7. The maximum Gasteiger partial charge on any atom is 0.166 e. The summed E-state index contributed by atoms with van der Waals surface area (Å²) in [6, 6.07) is 63.5. The molecule has 0 fully saturated rings. The van der Waals surface area contributed by atoms with Crippen LogP contribution < -0.4 is 0 Å². The van der Waals surface area contributed by atoms with Crippen LogP contribution in [0.3, 0.4) is 0 Å². The lowest BCUT2D eigenvalue weighted by Gasteiger charge is -2.17. The predicted octanol–water partition coefficient (Wildman–Crippen LogP) is 16.8. The molecule has 0 aliphatic carbocycles. The number of unbranched alkanes of at least 4 members (excludes halogenated alkanes) is 1. The molecule has 0 aliphatic heterocycles. The molecule has 0 saturated carbocycles. The minimum atomic E-state index is 0.547. The molecule has 0 spiro atoms. The zero-order valence-electron chi connectivity index (χ0n) is 37.2. The average molecular weight is 1230 g/mol. The Balaban J connectivity index is 1.17. The molecule has 0 bridgehead atoms. The molecule has 12 aromatic rings. The Bertz CT molecular complexity index is 3870. The van der Waals surface area contributed by atoms with Crippen molar-refractivity contribution in [1.29, 1.82) is 0 Å². The number of benzene rings is 8. The highest BCUT2D eigenvalue weighted by Gasteiger charge is 2.24. The van der Waals surface area contributed by atoms with Gasteiger partial charge in [-0.3, -0.25) is 0 Å². The zero-order valence-corrected chi connectivity index (χ0v) is 43.6. The second-order valence-electron chi connectivity index (χ2n) is 17.1. The molecule has 8 aromatic carbocycles. The summed E-state index contributed by atoms with van der Waals surface area (Å²) in [6.45, 7) is 2.23. The average Bonchev–Trinajstić information content (AvgIpc) is 3.93. The Morgan fingerprint density at radius 2 is 1.06 bits per heavy atom. The molecule has 10 heteroatoms. The van der Waals surface area contributed by atoms with Gasteiger partial charge in [0.2, 0.25) is 0 Å². The van der Waals surface area contributed by atoms with Crippen LogP contribution in [-0.4, -0.2) is 29.5 Å². The minimum Gasteiger partial charge on any atom is -0.455 e. The van der Waals surface area contributed by atoms with Crippen molar-refractivity contribution < 1.29 is 4.42 Å². The Labute approximate surface area is 439 Å². The Morgan fingerprint density at radius 3 is 1.80 bits per heavy atom. The van der Waals surface area contributed by atoms with Crippen LogP contribution in [0.2, 0.25) is 0 Å². The Kier molecular flexibility index (Phi) is 11.8. The Morgan fingerprint density at radius 1 is 0.449 bits per heavy atom. The summed E-state index contributed by atoms with van der Waals surface area (Å²) in [6.07, 6.45) is 3.19. The van der Waals surface area contributed by atoms with Gasteiger partial charge in [0.15, 0.2) is 23.3 Å². The molecule has 4 aromatic heterocycles. The topological polar surface area (TPSA) is 82.5 Å². The molecule has 7 nitrogen and oxygen atoms in total. The zero-order chi connectivity index (χ0) is 46.6. The number of rotatable bonds is 10. The van der Waals surface area contributed by atoms with Crippen molar-refractivity contribution >= 4 is 112 Å². The number of nitrogens with zero attached hydrogens (tertiary/aromatic N) is 6. The number of furan rings is 1. The summed E-state index contributed by atoms with van der Waals surface area (Å²) in [5.74, 6) is 2.40. The molecular weight excluding hydrogens is 1190 g/mol. The molecule has 12 rings (SSSR count). The van der Waals surface area contributed by atoms with Crippen LogP contribution in [0.4, 0.5) is 0 Å². The third kappa shape index (κ3) is 8.39. The van der Waals surface area contributed by atoms with Crippen LogP contribution in [0.25, 0.3) is 117 Å². The van der Waals surface area contributed by atoms with Crippen molar-refractivity contribution in [3.63, 3.8) is 0 Å². The molecule has 332 valence electrons. The first-order valence-corrected chi connectivity index (χ1v) is 26.1. The summed E-state index contributed by atoms with van der Waals surface area (Å²) in [7, 11) is 0. The van der Waals surface area contributed by atoms with E-state index in [-0.39, 0.29) is 0 Å². The van der Waals surface area contributed by atoms with Gasteiger partial charge < -0.3 is 8.98 Å². The highest BCUT2D eigenvalue weighted by Crippen LogP contribution is 2.43. The van der Waals surface area contributed by atoms with Gasteiger partial charge in [-0.25, -0.2) is 24.9 Å². The van der Waals surface area contributed by atoms with E-state index in [2.05, 4.69) is 213 Å². The van der Waals surface area contributed by atoms with Crippen molar-refractivity contribution in [2.24, 2.45) is 0 Å². The van der Waals surface area contributed by atoms with Gasteiger partial charge in [0.25, 0.3) is 0 Å². The molecule has 0 saturated heterocycles. The maximum absolute atomic E-state index is 6.74. The lowest BCUT2D eigenvalue weighted by atomic mass is 10.0. The van der Waals surface area contributed by atoms with Crippen LogP contribution >= 0.6 is 67.8 Å². The standard InChI is InChI=1S/C59H39I3N6O/c1-2-3-14-35-27-39(29-41(60)28-35)57-65-58(40-30-42(61)33-43(62)31-40)67-59(66-57)47-32-38(49-34-48(36-15-6-4-7-16-36)63-56(64-49)37-17-8-5-9-18-37)23-25-51(47)68-50-21-12-10-20-46(50)54-52(68)26-24-45-44-19-11-13-22-53(44)69-55(45)54/h4-13,15-34H,2-3,14H2,1H3. The first kappa shape index (κ1) is 43.9. The van der Waals surface area contributed by atoms with E-state index in [1.165, 1.54) is 5.56 Å². The van der Waals surface area contributed by atoms with Gasteiger partial charge in [-0.15, -0.1) is 0 Å². The van der Waals surface area contributed by atoms with Crippen molar-refractivity contribution in [3.05, 3.63) is 198 Å². The van der Waals surface area contributed by atoms with Crippen LogP contribution in [0, 0.1) is 10.7 Å². The summed E-state index contributed by atoms with van der Waals surface area (Å²) in [4.78, 5) is 26.6. The number of aryl methyl sites for hydroxylation is 1. The van der Waals surface area contributed by atoms with Crippen LogP contribution in [0.15, 0.2) is 186 Å². The van der Waals surface area contributed by atoms with E-state index >= 15 is 0 Å². The molecule has 0 amide bonds. The number of aromatic nitrogens is 6. The van der Waals surface area contributed by atoms with E-state index in [9.17, 15) is 0 Å². The molecule has 0 radical (unpaired) electrons. The van der Waals surface area contributed by atoms with Gasteiger partial charge in [0.05, 0.1) is 33.5 Å². The fraction of sp³-hybridized carbons (Fsp3) is 0.0678. The molecule has 4 heterocycles. The van der Waals surface area contributed by atoms with Crippen molar-refractivity contribution in [2.75, 3.05) is 0 Å². The predicted molar refractivity (Wildman–Crippen MR) is 306 cm³/mol. The summed E-state index contributed by atoms with van der Waals surface area (Å²) >= 11 is 7.19. The smallest absolute Gasteiger partial charge is 0.166 e. The number of hydrogen-bond donors (Lipinski definition) is 0. The lowest BCUT2D eigenvalue weighted by Crippen LogP contribution is -2.05. The van der Waals surface area contributed by atoms with Gasteiger partial charge >= 0.3 is 0 Å². The van der Waals surface area contributed by atoms with Gasteiger partial charge in [-0.1, -0.05) is 116 Å². The number of halogens is 3. The minimum absolute atomic E-state index is 0.547. The molecule has 0 N–H and O–H groups in total. The largest absolute Gasteiger partial charge is 0.455 e. The highest BCUT2D eigenvalue weighted by atomic mass is 127. The maximum atomic E-state index is 6.74. The van der Waals surface area contributed by atoms with Crippen LogP contribution in [0.5, 0.6) is 0 Å². The van der Waals surface area contributed by atoms with E-state index in [0.717, 1.165) is 124 Å². The third-order valence-electron chi connectivity index (χ3n) is 12.6. The Hall–Kier alpha value is -6.36. The SMILES string of the molecule is CCCCc1cc(I)cc(-c2nc(-c3cc(I)cc(I)c3)nc(-c3cc(-c4cc(-c5ccccc5)nc(-c5ccccc5)n4)ccc3-n3c4ccccc4c4c5oc6ccccc6c5ccc43)n2)c1. The highest BCUT2D eigenvalue weighted by molar-refractivity contribution is 14.1. The third-order valence-corrected chi connectivity index (χ3v) is 14.4. The van der Waals surface area contributed by atoms with Gasteiger partial charge in [-0.2, -0.15) is 0 Å². The van der Waals surface area contributed by atoms with Crippen molar-refractivity contribution in [1.82, 2.24) is 29.5 Å². The van der Waals surface area contributed by atoms with Crippen LogP contribution in [-0.2, 0) is 6.42 Å². The first-order chi connectivity index (χ1) is 33.8. The molecule has 69 heavy (non-hydrogen) atoms. The quantitative estimate of drug-likeness (QED) is 0.127. The van der Waals surface area contributed by atoms with Crippen LogP contribution in [0.1, 0.15) is 25.3 Å². The summed E-state index contributed by atoms with van der Waals surface area (Å²) in [5.41, 5.74) is 13.1. The second-order valence-corrected chi connectivity index (χ2v) is 20.9. The van der Waals surface area contributed by atoms with Gasteiger partial charge in [0, 0.05) is 60.2 Å². The van der Waals surface area contributed by atoms with Crippen molar-refractivity contribution in [2.45, 2.75) is 26.2 Å². The van der Waals surface area contributed by atoms with Gasteiger partial charge in [-0.05, 0) is 165 Å². The molecule has 0 aliphatic rings.